The van der Waals surface area contributed by atoms with Gasteiger partial charge in [0.1, 0.15) is 0 Å². The Bertz CT molecular complexity index is 914. The van der Waals surface area contributed by atoms with Gasteiger partial charge in [-0.15, -0.1) is 0 Å². The van der Waals surface area contributed by atoms with Crippen molar-refractivity contribution < 1.29 is 26.3 Å². The molecule has 1 fully saturated rings. The number of hydrogen-bond donors (Lipinski definition) is 0. The van der Waals surface area contributed by atoms with Crippen LogP contribution in [0.5, 0.6) is 0 Å². The van der Waals surface area contributed by atoms with Crippen LogP contribution in [0.4, 0.5) is 0 Å². The van der Waals surface area contributed by atoms with Gasteiger partial charge in [-0.3, -0.25) is 0 Å². The monoisotopic (exact) mass is 410 g/mol. The van der Waals surface area contributed by atoms with Crippen LogP contribution in [0.15, 0.2) is 70.5 Å². The molecule has 1 saturated heterocycles. The number of rotatable bonds is 6. The fourth-order valence-electron chi connectivity index (χ4n) is 3.04. The van der Waals surface area contributed by atoms with E-state index in [9.17, 15) is 16.8 Å². The molecule has 0 aromatic heterocycles. The summed E-state index contributed by atoms with van der Waals surface area (Å²) in [5.41, 5.74) is 0. The first kappa shape index (κ1) is 20.0. The number of ether oxygens (including phenoxy) is 2. The highest BCUT2D eigenvalue weighted by atomic mass is 32.3. The van der Waals surface area contributed by atoms with Crippen LogP contribution in [0.1, 0.15) is 20.3 Å². The molecule has 2 aromatic rings. The first-order chi connectivity index (χ1) is 12.6. The number of sulfone groups is 2. The van der Waals surface area contributed by atoms with Crippen molar-refractivity contribution in [1.82, 2.24) is 0 Å². The van der Waals surface area contributed by atoms with Gasteiger partial charge in [0.15, 0.2) is 30.0 Å². The van der Waals surface area contributed by atoms with Crippen LogP contribution >= 0.6 is 0 Å². The standard InChI is InChI=1S/C19H22O6S2/c1-19(2)24-14-15(25-19)13-18(26(20,21)16-9-5-3-6-10-16)27(22,23)17-11-7-4-8-12-17/h3-12,15,18H,13-14H2,1-2H3. The smallest absolute Gasteiger partial charge is 0.196 e. The zero-order valence-electron chi connectivity index (χ0n) is 15.1. The van der Waals surface area contributed by atoms with Crippen molar-refractivity contribution in [2.75, 3.05) is 6.61 Å². The summed E-state index contributed by atoms with van der Waals surface area (Å²) in [6.45, 7) is 3.55. The minimum absolute atomic E-state index is 0.0346. The van der Waals surface area contributed by atoms with Crippen LogP contribution < -0.4 is 0 Å². The number of benzene rings is 2. The molecule has 6 nitrogen and oxygen atoms in total. The zero-order chi connectivity index (χ0) is 19.7. The maximum atomic E-state index is 13.2. The maximum absolute atomic E-state index is 13.2. The second-order valence-electron chi connectivity index (χ2n) is 6.83. The van der Waals surface area contributed by atoms with Gasteiger partial charge in [-0.1, -0.05) is 36.4 Å². The minimum Gasteiger partial charge on any atom is -0.348 e. The van der Waals surface area contributed by atoms with Gasteiger partial charge < -0.3 is 9.47 Å². The fourth-order valence-corrected chi connectivity index (χ4v) is 7.65. The van der Waals surface area contributed by atoms with Gasteiger partial charge in [0.2, 0.25) is 0 Å². The Morgan fingerprint density at radius 1 is 0.889 bits per heavy atom. The van der Waals surface area contributed by atoms with Gasteiger partial charge in [-0.2, -0.15) is 0 Å². The summed E-state index contributed by atoms with van der Waals surface area (Å²) in [5, 5.41) is 0. The highest BCUT2D eigenvalue weighted by Crippen LogP contribution is 2.33. The molecule has 0 saturated carbocycles. The Balaban J connectivity index is 2.05. The third-order valence-corrected chi connectivity index (χ3v) is 9.51. The lowest BCUT2D eigenvalue weighted by Crippen LogP contribution is -2.35. The summed E-state index contributed by atoms with van der Waals surface area (Å²) in [6, 6.07) is 15.2. The molecule has 1 heterocycles. The van der Waals surface area contributed by atoms with Crippen molar-refractivity contribution in [3.8, 4) is 0 Å². The SMILES string of the molecule is CC1(C)OCC(CC(S(=O)(=O)c2ccccc2)S(=O)(=O)c2ccccc2)O1. The van der Waals surface area contributed by atoms with Crippen molar-refractivity contribution in [3.63, 3.8) is 0 Å². The van der Waals surface area contributed by atoms with Gasteiger partial charge >= 0.3 is 0 Å². The summed E-state index contributed by atoms with van der Waals surface area (Å²) in [5.74, 6) is -0.873. The summed E-state index contributed by atoms with van der Waals surface area (Å²) in [4.78, 5) is -0.0691. The molecule has 0 aliphatic carbocycles. The van der Waals surface area contributed by atoms with Crippen LogP contribution in [-0.2, 0) is 29.1 Å². The molecule has 1 unspecified atom stereocenters. The van der Waals surface area contributed by atoms with E-state index in [4.69, 9.17) is 9.47 Å². The van der Waals surface area contributed by atoms with E-state index in [2.05, 4.69) is 0 Å². The van der Waals surface area contributed by atoms with Crippen LogP contribution in [0.2, 0.25) is 0 Å². The molecule has 27 heavy (non-hydrogen) atoms. The molecule has 8 heteroatoms. The average molecular weight is 411 g/mol. The molecule has 0 spiro atoms. The lowest BCUT2D eigenvalue weighted by Gasteiger charge is -2.22. The third-order valence-electron chi connectivity index (χ3n) is 4.36. The zero-order valence-corrected chi connectivity index (χ0v) is 16.7. The molecule has 0 amide bonds. The van der Waals surface area contributed by atoms with E-state index in [1.165, 1.54) is 24.3 Å². The Kier molecular flexibility index (Phi) is 5.45. The highest BCUT2D eigenvalue weighted by molar-refractivity contribution is 8.09. The predicted octanol–water partition coefficient (Wildman–Crippen LogP) is 2.80. The number of hydrogen-bond acceptors (Lipinski definition) is 6. The van der Waals surface area contributed by atoms with Crippen molar-refractivity contribution in [2.24, 2.45) is 0 Å². The lowest BCUT2D eigenvalue weighted by atomic mass is 10.3. The molecule has 2 aromatic carbocycles. The van der Waals surface area contributed by atoms with E-state index in [0.717, 1.165) is 0 Å². The molecule has 0 bridgehead atoms. The van der Waals surface area contributed by atoms with Gasteiger partial charge in [0.25, 0.3) is 0 Å². The van der Waals surface area contributed by atoms with Gasteiger partial charge in [-0.05, 0) is 38.1 Å². The second-order valence-corrected chi connectivity index (χ2v) is 11.4. The molecular weight excluding hydrogens is 388 g/mol. The molecule has 1 atom stereocenters. The van der Waals surface area contributed by atoms with Crippen LogP contribution in [0.3, 0.4) is 0 Å². The van der Waals surface area contributed by atoms with E-state index in [-0.39, 0.29) is 22.8 Å². The summed E-state index contributed by atoms with van der Waals surface area (Å²) >= 11 is 0. The Labute approximate surface area is 160 Å². The first-order valence-electron chi connectivity index (χ1n) is 8.53. The van der Waals surface area contributed by atoms with E-state index < -0.39 is 36.1 Å². The van der Waals surface area contributed by atoms with Crippen molar-refractivity contribution >= 4 is 19.7 Å². The highest BCUT2D eigenvalue weighted by Gasteiger charge is 2.44. The Morgan fingerprint density at radius 2 is 1.33 bits per heavy atom. The van der Waals surface area contributed by atoms with E-state index >= 15 is 0 Å². The molecule has 0 N–H and O–H groups in total. The topological polar surface area (TPSA) is 86.7 Å². The predicted molar refractivity (Wildman–Crippen MR) is 101 cm³/mol. The summed E-state index contributed by atoms with van der Waals surface area (Å²) < 4.78 is 62.4. The van der Waals surface area contributed by atoms with Crippen molar-refractivity contribution in [1.29, 1.82) is 0 Å². The van der Waals surface area contributed by atoms with Crippen molar-refractivity contribution in [3.05, 3.63) is 60.7 Å². The van der Waals surface area contributed by atoms with E-state index in [1.54, 1.807) is 50.2 Å². The summed E-state index contributed by atoms with van der Waals surface area (Å²) in [6.07, 6.45) is -0.847. The molecule has 146 valence electrons. The van der Waals surface area contributed by atoms with Gasteiger partial charge in [-0.25, -0.2) is 16.8 Å². The van der Waals surface area contributed by atoms with Gasteiger partial charge in [0, 0.05) is 6.42 Å². The normalized spacial score (nSPS) is 20.0. The van der Waals surface area contributed by atoms with Crippen LogP contribution in [-0.4, -0.2) is 39.9 Å². The maximum Gasteiger partial charge on any atom is 0.196 e. The molecular formula is C19H22O6S2. The fraction of sp³-hybridized carbons (Fsp3) is 0.368. The van der Waals surface area contributed by atoms with E-state index in [1.807, 2.05) is 0 Å². The third kappa shape index (κ3) is 4.24. The quantitative estimate of drug-likeness (QED) is 0.728. The molecule has 0 radical (unpaired) electrons. The molecule has 1 aliphatic rings. The average Bonchev–Trinajstić information content (AvgIpc) is 2.99. The first-order valence-corrected chi connectivity index (χ1v) is 11.6. The molecule has 3 rings (SSSR count). The minimum atomic E-state index is -4.16. The Hall–Kier alpha value is -1.74. The van der Waals surface area contributed by atoms with Crippen LogP contribution in [0, 0.1) is 0 Å². The largest absolute Gasteiger partial charge is 0.348 e. The summed E-state index contributed by atoms with van der Waals surface area (Å²) in [7, 11) is -8.31. The Morgan fingerprint density at radius 3 is 1.70 bits per heavy atom. The van der Waals surface area contributed by atoms with Gasteiger partial charge in [0.05, 0.1) is 22.5 Å². The second kappa shape index (κ2) is 7.35. The molecule has 1 aliphatic heterocycles. The van der Waals surface area contributed by atoms with E-state index in [0.29, 0.717) is 0 Å². The van der Waals surface area contributed by atoms with Crippen molar-refractivity contribution in [2.45, 2.75) is 46.5 Å². The van der Waals surface area contributed by atoms with Crippen LogP contribution in [0.25, 0.3) is 0 Å². The lowest BCUT2D eigenvalue weighted by molar-refractivity contribution is -0.138.